The third kappa shape index (κ3) is 14.3. The van der Waals surface area contributed by atoms with E-state index < -0.39 is 73.0 Å². The first kappa shape index (κ1) is 37.8. The number of Topliss-reactive ketones (excluding diaryl/α,β-unsaturated/α-hetero) is 1. The number of nitrogens with one attached hydrogen (secondary N) is 4. The molecule has 44 heavy (non-hydrogen) atoms. The van der Waals surface area contributed by atoms with Crippen molar-refractivity contribution in [2.45, 2.75) is 77.7 Å². The molecule has 0 spiro atoms. The lowest BCUT2D eigenvalue weighted by atomic mass is 9.98. The maximum Gasteiger partial charge on any atom is 0.408 e. The first-order chi connectivity index (χ1) is 20.8. The summed E-state index contributed by atoms with van der Waals surface area (Å²) in [5, 5.41) is 19.7. The zero-order valence-electron chi connectivity index (χ0n) is 25.7. The van der Waals surface area contributed by atoms with Gasteiger partial charge >= 0.3 is 6.09 Å². The van der Waals surface area contributed by atoms with Gasteiger partial charge in [-0.05, 0) is 36.7 Å². The van der Waals surface area contributed by atoms with Crippen LogP contribution in [0.4, 0.5) is 9.18 Å². The molecular formula is C29H46FN7O7. The van der Waals surface area contributed by atoms with Crippen molar-refractivity contribution >= 4 is 35.6 Å². The highest BCUT2D eigenvalue weighted by molar-refractivity contribution is 5.95. The van der Waals surface area contributed by atoms with Gasteiger partial charge in [-0.3, -0.25) is 24.2 Å². The summed E-state index contributed by atoms with van der Waals surface area (Å²) >= 11 is 0. The van der Waals surface area contributed by atoms with Crippen molar-refractivity contribution in [3.05, 3.63) is 35.9 Å². The summed E-state index contributed by atoms with van der Waals surface area (Å²) in [6, 6.07) is 3.93. The van der Waals surface area contributed by atoms with Crippen molar-refractivity contribution in [2.24, 2.45) is 28.3 Å². The Morgan fingerprint density at radius 3 is 2.05 bits per heavy atom. The molecule has 0 bridgehead atoms. The molecule has 0 unspecified atom stereocenters. The lowest BCUT2D eigenvalue weighted by Gasteiger charge is -2.27. The van der Waals surface area contributed by atoms with Crippen LogP contribution in [0.15, 0.2) is 35.3 Å². The number of benzene rings is 1. The molecule has 1 aromatic rings. The van der Waals surface area contributed by atoms with Crippen LogP contribution in [0.2, 0.25) is 0 Å². The maximum absolute atomic E-state index is 13.2. The summed E-state index contributed by atoms with van der Waals surface area (Å²) in [4.78, 5) is 67.6. The van der Waals surface area contributed by atoms with Crippen LogP contribution in [-0.4, -0.2) is 84.7 Å². The van der Waals surface area contributed by atoms with Crippen molar-refractivity contribution < 1.29 is 38.2 Å². The van der Waals surface area contributed by atoms with E-state index in [2.05, 4.69) is 26.3 Å². The van der Waals surface area contributed by atoms with Gasteiger partial charge in [0.2, 0.25) is 17.7 Å². The highest BCUT2D eigenvalue weighted by atomic mass is 19.1. The number of alkyl carbamates (subject to hydrolysis) is 1. The van der Waals surface area contributed by atoms with Gasteiger partial charge in [0.25, 0.3) is 0 Å². The van der Waals surface area contributed by atoms with Crippen LogP contribution < -0.4 is 32.7 Å². The average molecular weight is 624 g/mol. The fraction of sp³-hybridized carbons (Fsp3) is 0.586. The van der Waals surface area contributed by atoms with Crippen molar-refractivity contribution in [1.29, 1.82) is 0 Å². The van der Waals surface area contributed by atoms with Crippen molar-refractivity contribution in [3.8, 4) is 0 Å². The Hall–Kier alpha value is -4.27. The number of carbonyl (C=O) groups excluding carboxylic acids is 5. The Morgan fingerprint density at radius 2 is 1.50 bits per heavy atom. The Morgan fingerprint density at radius 1 is 0.886 bits per heavy atom. The van der Waals surface area contributed by atoms with Crippen LogP contribution >= 0.6 is 0 Å². The number of aliphatic hydroxyl groups is 1. The summed E-state index contributed by atoms with van der Waals surface area (Å²) in [6.45, 7) is 4.93. The summed E-state index contributed by atoms with van der Waals surface area (Å²) in [5.41, 5.74) is 11.4. The molecule has 9 N–H and O–H groups in total. The van der Waals surface area contributed by atoms with E-state index in [9.17, 15) is 33.5 Å². The summed E-state index contributed by atoms with van der Waals surface area (Å²) in [7, 11) is 0. The van der Waals surface area contributed by atoms with Gasteiger partial charge in [0, 0.05) is 6.54 Å². The van der Waals surface area contributed by atoms with Crippen molar-refractivity contribution in [3.63, 3.8) is 0 Å². The Balaban J connectivity index is 2.96. The lowest BCUT2D eigenvalue weighted by Crippen LogP contribution is -2.59. The van der Waals surface area contributed by atoms with E-state index in [1.54, 1.807) is 44.2 Å². The van der Waals surface area contributed by atoms with E-state index in [0.717, 1.165) is 5.56 Å². The Labute approximate surface area is 256 Å². The molecule has 0 aromatic heterocycles. The number of aliphatic imine (C=N–C) groups is 1. The number of amides is 4. The van der Waals surface area contributed by atoms with E-state index in [1.165, 1.54) is 0 Å². The number of alkyl halides is 1. The van der Waals surface area contributed by atoms with Gasteiger partial charge in [0.1, 0.15) is 31.4 Å². The van der Waals surface area contributed by atoms with E-state index in [-0.39, 0.29) is 44.3 Å². The molecule has 0 radical (unpaired) electrons. The predicted octanol–water partition coefficient (Wildman–Crippen LogP) is 0.0224. The molecule has 14 nitrogen and oxygen atoms in total. The molecule has 1 rings (SSSR count). The monoisotopic (exact) mass is 623 g/mol. The summed E-state index contributed by atoms with van der Waals surface area (Å²) in [5.74, 6) is -3.85. The van der Waals surface area contributed by atoms with E-state index >= 15 is 0 Å². The van der Waals surface area contributed by atoms with Crippen LogP contribution in [0.1, 0.15) is 52.5 Å². The normalized spacial score (nSPS) is 13.6. The fourth-order valence-corrected chi connectivity index (χ4v) is 4.03. The average Bonchev–Trinajstić information content (AvgIpc) is 2.97. The first-order valence-electron chi connectivity index (χ1n) is 14.4. The second kappa shape index (κ2) is 19.8. The van der Waals surface area contributed by atoms with Gasteiger partial charge in [0.15, 0.2) is 11.7 Å². The van der Waals surface area contributed by atoms with Crippen LogP contribution in [0, 0.1) is 11.8 Å². The lowest BCUT2D eigenvalue weighted by molar-refractivity contribution is -0.135. The number of ketones is 1. The predicted molar refractivity (Wildman–Crippen MR) is 162 cm³/mol. The van der Waals surface area contributed by atoms with Crippen LogP contribution in [-0.2, 0) is 30.5 Å². The summed E-state index contributed by atoms with van der Waals surface area (Å²) in [6.07, 6.45) is -0.361. The highest BCUT2D eigenvalue weighted by Crippen LogP contribution is 2.10. The zero-order valence-corrected chi connectivity index (χ0v) is 25.7. The number of nitrogens with two attached hydrogens (primary N) is 2. The Kier molecular flexibility index (Phi) is 17.0. The second-order valence-corrected chi connectivity index (χ2v) is 11.0. The van der Waals surface area contributed by atoms with Gasteiger partial charge in [-0.25, -0.2) is 9.18 Å². The number of rotatable bonds is 19. The minimum Gasteiger partial charge on any atom is -0.445 e. The van der Waals surface area contributed by atoms with E-state index in [0.29, 0.717) is 0 Å². The van der Waals surface area contributed by atoms with Gasteiger partial charge in [-0.1, -0.05) is 58.0 Å². The second-order valence-electron chi connectivity index (χ2n) is 11.0. The van der Waals surface area contributed by atoms with E-state index in [4.69, 9.17) is 16.2 Å². The molecule has 4 amide bonds. The molecule has 15 heteroatoms. The van der Waals surface area contributed by atoms with Crippen LogP contribution in [0.3, 0.4) is 0 Å². The van der Waals surface area contributed by atoms with Crippen LogP contribution in [0.5, 0.6) is 0 Å². The zero-order chi connectivity index (χ0) is 33.2. The number of nitrogens with zero attached hydrogens (tertiary/aromatic N) is 1. The number of guanidine groups is 1. The van der Waals surface area contributed by atoms with Gasteiger partial charge in [-0.2, -0.15) is 0 Å². The third-order valence-corrected chi connectivity index (χ3v) is 6.37. The standard InChI is InChI=1S/C29H46FN7O7/c1-17(2)13-21(23(39)14-30)34-27(42)24(18(3)4)37-26(41)22(15-38)35-25(40)20(11-8-12-33-28(31)32)36-29(43)44-16-19-9-6-5-7-10-19/h5-7,9-10,17-18,20-22,24,38H,8,11-16H2,1-4H3,(H,34,42)(H,35,40)(H,36,43)(H,37,41)(H4,31,32,33)/t20-,21-,22-,24-/m0/s1. The van der Waals surface area contributed by atoms with Gasteiger partial charge in [0.05, 0.1) is 12.6 Å². The molecule has 0 saturated carbocycles. The topological polar surface area (TPSA) is 227 Å². The molecule has 0 aliphatic rings. The number of hydrogen-bond donors (Lipinski definition) is 7. The number of carbonyl (C=O) groups is 5. The SMILES string of the molecule is CC(C)C[C@H](NC(=O)[C@@H](NC(=O)[C@H](CO)NC(=O)[C@H](CCCN=C(N)N)NC(=O)OCc1ccccc1)C(C)C)C(=O)CF. The highest BCUT2D eigenvalue weighted by Gasteiger charge is 2.32. The quantitative estimate of drug-likeness (QED) is 0.0625. The smallest absolute Gasteiger partial charge is 0.408 e. The third-order valence-electron chi connectivity index (χ3n) is 6.37. The molecule has 0 saturated heterocycles. The fourth-order valence-electron chi connectivity index (χ4n) is 4.03. The molecular weight excluding hydrogens is 577 g/mol. The van der Waals surface area contributed by atoms with E-state index in [1.807, 2.05) is 13.8 Å². The maximum atomic E-state index is 13.2. The number of aliphatic hydroxyl groups excluding tert-OH is 1. The Bertz CT molecular complexity index is 1110. The van der Waals surface area contributed by atoms with Crippen molar-refractivity contribution in [1.82, 2.24) is 21.3 Å². The number of halogens is 1. The summed E-state index contributed by atoms with van der Waals surface area (Å²) < 4.78 is 18.3. The minimum absolute atomic E-state index is 0.0199. The number of ether oxygens (including phenoxy) is 1. The number of hydrogen-bond acceptors (Lipinski definition) is 8. The van der Waals surface area contributed by atoms with Gasteiger partial charge in [-0.15, -0.1) is 0 Å². The molecule has 246 valence electrons. The first-order valence-corrected chi connectivity index (χ1v) is 14.4. The molecule has 4 atom stereocenters. The van der Waals surface area contributed by atoms with Gasteiger partial charge < -0.3 is 42.6 Å². The van der Waals surface area contributed by atoms with Crippen LogP contribution in [0.25, 0.3) is 0 Å². The molecule has 0 fully saturated rings. The molecule has 0 aliphatic carbocycles. The van der Waals surface area contributed by atoms with Crippen molar-refractivity contribution in [2.75, 3.05) is 19.8 Å². The molecule has 1 aromatic carbocycles. The largest absolute Gasteiger partial charge is 0.445 e. The molecule has 0 aliphatic heterocycles. The minimum atomic E-state index is -1.50. The molecule has 0 heterocycles.